The number of anilines is 1. The van der Waals surface area contributed by atoms with E-state index in [-0.39, 0.29) is 5.91 Å². The van der Waals surface area contributed by atoms with Gasteiger partial charge in [-0.05, 0) is 17.7 Å². The first-order chi connectivity index (χ1) is 10.2. The van der Waals surface area contributed by atoms with Crippen molar-refractivity contribution in [1.29, 1.82) is 0 Å². The number of benzene rings is 2. The van der Waals surface area contributed by atoms with Gasteiger partial charge in [-0.2, -0.15) is 0 Å². The Bertz CT molecular complexity index is 586. The van der Waals surface area contributed by atoms with E-state index in [0.29, 0.717) is 24.5 Å². The van der Waals surface area contributed by atoms with E-state index in [4.69, 9.17) is 11.6 Å². The Hall–Kier alpha value is -2.00. The molecule has 110 valence electrons. The first-order valence-corrected chi connectivity index (χ1v) is 7.31. The molecular weight excluding hydrogens is 284 g/mol. The second-order valence-electron chi connectivity index (χ2n) is 4.89. The molecule has 0 saturated carbocycles. The maximum Gasteiger partial charge on any atom is 0.224 e. The molecule has 4 heteroatoms. The lowest BCUT2D eigenvalue weighted by Crippen LogP contribution is -2.27. The van der Waals surface area contributed by atoms with E-state index in [2.05, 4.69) is 5.32 Å². The summed E-state index contributed by atoms with van der Waals surface area (Å²) in [4.78, 5) is 13.8. The summed E-state index contributed by atoms with van der Waals surface area (Å²) in [5.41, 5.74) is 1.99. The van der Waals surface area contributed by atoms with E-state index in [1.54, 1.807) is 4.90 Å². The van der Waals surface area contributed by atoms with Gasteiger partial charge in [0, 0.05) is 26.6 Å². The number of nitrogens with one attached hydrogen (secondary N) is 1. The van der Waals surface area contributed by atoms with Gasteiger partial charge in [0.2, 0.25) is 5.91 Å². The summed E-state index contributed by atoms with van der Waals surface area (Å²) in [6.07, 6.45) is 0.439. The Morgan fingerprint density at radius 3 is 2.48 bits per heavy atom. The van der Waals surface area contributed by atoms with Crippen molar-refractivity contribution in [3.63, 3.8) is 0 Å². The molecule has 0 unspecified atom stereocenters. The smallest absolute Gasteiger partial charge is 0.224 e. The van der Waals surface area contributed by atoms with Gasteiger partial charge in [0.15, 0.2) is 0 Å². The highest BCUT2D eigenvalue weighted by atomic mass is 35.5. The molecule has 0 saturated heterocycles. The lowest BCUT2D eigenvalue weighted by atomic mass is 10.2. The number of amides is 1. The average molecular weight is 303 g/mol. The molecule has 2 rings (SSSR count). The van der Waals surface area contributed by atoms with E-state index in [9.17, 15) is 4.79 Å². The van der Waals surface area contributed by atoms with E-state index in [0.717, 1.165) is 11.3 Å². The van der Waals surface area contributed by atoms with Crippen molar-refractivity contribution in [2.75, 3.05) is 18.9 Å². The Labute approximate surface area is 130 Å². The fourth-order valence-electron chi connectivity index (χ4n) is 2.04. The molecule has 0 heterocycles. The number of halogens is 1. The molecule has 0 bridgehead atoms. The van der Waals surface area contributed by atoms with Crippen LogP contribution in [-0.4, -0.2) is 24.4 Å². The zero-order chi connectivity index (χ0) is 15.1. The molecule has 0 atom stereocenters. The third-order valence-corrected chi connectivity index (χ3v) is 3.55. The van der Waals surface area contributed by atoms with Crippen LogP contribution in [0.15, 0.2) is 54.6 Å². The van der Waals surface area contributed by atoms with Crippen molar-refractivity contribution in [3.05, 3.63) is 65.2 Å². The molecular formula is C17H19ClN2O. The Balaban J connectivity index is 1.78. The van der Waals surface area contributed by atoms with E-state index in [1.165, 1.54) is 0 Å². The van der Waals surface area contributed by atoms with Crippen LogP contribution in [0.1, 0.15) is 12.0 Å². The second-order valence-corrected chi connectivity index (χ2v) is 5.30. The monoisotopic (exact) mass is 302 g/mol. The number of carbonyl (C=O) groups excluding carboxylic acids is 1. The van der Waals surface area contributed by atoms with Gasteiger partial charge in [0.25, 0.3) is 0 Å². The van der Waals surface area contributed by atoms with Crippen LogP contribution in [0.25, 0.3) is 0 Å². The van der Waals surface area contributed by atoms with Gasteiger partial charge in [0.05, 0.1) is 10.7 Å². The standard InChI is InChI=1S/C17H19ClN2O/c1-20(13-14-7-3-2-4-8-14)17(21)11-12-19-16-10-6-5-9-15(16)18/h2-10,19H,11-13H2,1H3. The van der Waals surface area contributed by atoms with Crippen LogP contribution >= 0.6 is 11.6 Å². The van der Waals surface area contributed by atoms with Crippen LogP contribution in [0.4, 0.5) is 5.69 Å². The molecule has 0 aliphatic carbocycles. The highest BCUT2D eigenvalue weighted by Crippen LogP contribution is 2.20. The molecule has 2 aromatic rings. The highest BCUT2D eigenvalue weighted by Gasteiger charge is 2.09. The largest absolute Gasteiger partial charge is 0.383 e. The molecule has 3 nitrogen and oxygen atoms in total. The summed E-state index contributed by atoms with van der Waals surface area (Å²) in [6.45, 7) is 1.20. The Kier molecular flexibility index (Phi) is 5.64. The molecule has 0 spiro atoms. The van der Waals surface area contributed by atoms with Gasteiger partial charge in [-0.25, -0.2) is 0 Å². The third-order valence-electron chi connectivity index (χ3n) is 3.22. The predicted octanol–water partition coefficient (Wildman–Crippen LogP) is 3.80. The normalized spacial score (nSPS) is 10.2. The molecule has 1 N–H and O–H groups in total. The van der Waals surface area contributed by atoms with Crippen molar-refractivity contribution < 1.29 is 4.79 Å². The third kappa shape index (κ3) is 4.80. The molecule has 0 aliphatic heterocycles. The average Bonchev–Trinajstić information content (AvgIpc) is 2.50. The van der Waals surface area contributed by atoms with Crippen LogP contribution in [0.5, 0.6) is 0 Å². The first kappa shape index (κ1) is 15.4. The molecule has 21 heavy (non-hydrogen) atoms. The predicted molar refractivity (Wildman–Crippen MR) is 87.5 cm³/mol. The maximum absolute atomic E-state index is 12.1. The van der Waals surface area contributed by atoms with Crippen LogP contribution in [0.3, 0.4) is 0 Å². The van der Waals surface area contributed by atoms with Crippen LogP contribution < -0.4 is 5.32 Å². The summed E-state index contributed by atoms with van der Waals surface area (Å²) in [5.74, 6) is 0.110. The SMILES string of the molecule is CN(Cc1ccccc1)C(=O)CCNc1ccccc1Cl. The minimum Gasteiger partial charge on any atom is -0.383 e. The van der Waals surface area contributed by atoms with E-state index in [1.807, 2.05) is 61.6 Å². The summed E-state index contributed by atoms with van der Waals surface area (Å²) in [5, 5.41) is 3.85. The molecule has 0 aromatic heterocycles. The quantitative estimate of drug-likeness (QED) is 0.880. The summed E-state index contributed by atoms with van der Waals surface area (Å²) in [7, 11) is 1.82. The minimum absolute atomic E-state index is 0.110. The van der Waals surface area contributed by atoms with Gasteiger partial charge < -0.3 is 10.2 Å². The zero-order valence-corrected chi connectivity index (χ0v) is 12.8. The summed E-state index contributed by atoms with van der Waals surface area (Å²) >= 11 is 6.05. The van der Waals surface area contributed by atoms with E-state index < -0.39 is 0 Å². The number of rotatable bonds is 6. The maximum atomic E-state index is 12.1. The Morgan fingerprint density at radius 2 is 1.76 bits per heavy atom. The highest BCUT2D eigenvalue weighted by molar-refractivity contribution is 6.33. The van der Waals surface area contributed by atoms with Gasteiger partial charge in [-0.15, -0.1) is 0 Å². The van der Waals surface area contributed by atoms with Gasteiger partial charge in [-0.1, -0.05) is 54.1 Å². The van der Waals surface area contributed by atoms with Crippen LogP contribution in [-0.2, 0) is 11.3 Å². The van der Waals surface area contributed by atoms with Gasteiger partial charge >= 0.3 is 0 Å². The fourth-order valence-corrected chi connectivity index (χ4v) is 2.25. The van der Waals surface area contributed by atoms with Crippen molar-refractivity contribution in [3.8, 4) is 0 Å². The van der Waals surface area contributed by atoms with Gasteiger partial charge in [0.1, 0.15) is 0 Å². The van der Waals surface area contributed by atoms with Gasteiger partial charge in [-0.3, -0.25) is 4.79 Å². The zero-order valence-electron chi connectivity index (χ0n) is 12.1. The lowest BCUT2D eigenvalue weighted by molar-refractivity contribution is -0.130. The number of nitrogens with zero attached hydrogens (tertiary/aromatic N) is 1. The fraction of sp³-hybridized carbons (Fsp3) is 0.235. The second kappa shape index (κ2) is 7.70. The van der Waals surface area contributed by atoms with Crippen LogP contribution in [0, 0.1) is 0 Å². The van der Waals surface area contributed by atoms with Crippen LogP contribution in [0.2, 0.25) is 5.02 Å². The molecule has 0 fully saturated rings. The van der Waals surface area contributed by atoms with Crippen molar-refractivity contribution in [2.45, 2.75) is 13.0 Å². The number of hydrogen-bond acceptors (Lipinski definition) is 2. The minimum atomic E-state index is 0.110. The summed E-state index contributed by atoms with van der Waals surface area (Å²) < 4.78 is 0. The Morgan fingerprint density at radius 1 is 1.10 bits per heavy atom. The van der Waals surface area contributed by atoms with Crippen molar-refractivity contribution >= 4 is 23.2 Å². The molecule has 0 aliphatic rings. The number of para-hydroxylation sites is 1. The number of hydrogen-bond donors (Lipinski definition) is 1. The molecule has 1 amide bonds. The van der Waals surface area contributed by atoms with E-state index >= 15 is 0 Å². The number of carbonyl (C=O) groups is 1. The van der Waals surface area contributed by atoms with Crippen molar-refractivity contribution in [2.24, 2.45) is 0 Å². The first-order valence-electron chi connectivity index (χ1n) is 6.93. The van der Waals surface area contributed by atoms with Crippen molar-refractivity contribution in [1.82, 2.24) is 4.90 Å². The molecule has 2 aromatic carbocycles. The lowest BCUT2D eigenvalue weighted by Gasteiger charge is -2.17. The topological polar surface area (TPSA) is 32.3 Å². The summed E-state index contributed by atoms with van der Waals surface area (Å²) in [6, 6.07) is 17.5. The molecule has 0 radical (unpaired) electrons.